The fourth-order valence-corrected chi connectivity index (χ4v) is 3.22. The third-order valence-corrected chi connectivity index (χ3v) is 4.57. The van der Waals surface area contributed by atoms with Gasteiger partial charge in [0.25, 0.3) is 0 Å². The fourth-order valence-electron chi connectivity index (χ4n) is 3.22. The van der Waals surface area contributed by atoms with E-state index in [-0.39, 0.29) is 5.91 Å². The van der Waals surface area contributed by atoms with Crippen LogP contribution in [0.5, 0.6) is 0 Å². The summed E-state index contributed by atoms with van der Waals surface area (Å²) in [5.41, 5.74) is 1.14. The lowest BCUT2D eigenvalue weighted by Crippen LogP contribution is -2.42. The molecular formula is C19H25N5O. The number of carbonyl (C=O) groups is 1. The molecule has 1 unspecified atom stereocenters. The molecule has 6 heteroatoms. The quantitative estimate of drug-likeness (QED) is 0.832. The number of nitrogens with zero attached hydrogens (tertiary/aromatic N) is 4. The number of anilines is 1. The molecule has 1 N–H and O–H groups in total. The second-order valence-corrected chi connectivity index (χ2v) is 6.44. The molecule has 2 aromatic rings. The smallest absolute Gasteiger partial charge is 0.236 e. The highest BCUT2D eigenvalue weighted by atomic mass is 16.2. The van der Waals surface area contributed by atoms with Gasteiger partial charge in [-0.3, -0.25) is 4.79 Å². The van der Waals surface area contributed by atoms with E-state index in [2.05, 4.69) is 20.4 Å². The Labute approximate surface area is 148 Å². The number of aromatic nitrogens is 2. The summed E-state index contributed by atoms with van der Waals surface area (Å²) in [6.45, 7) is 2.76. The van der Waals surface area contributed by atoms with Gasteiger partial charge < -0.3 is 15.1 Å². The summed E-state index contributed by atoms with van der Waals surface area (Å²) in [5.74, 6) is 1.02. The summed E-state index contributed by atoms with van der Waals surface area (Å²) >= 11 is 0. The fraction of sp³-hybridized carbons (Fsp3) is 0.421. The van der Waals surface area contributed by atoms with Crippen LogP contribution >= 0.6 is 0 Å². The molecular weight excluding hydrogens is 314 g/mol. The molecule has 3 rings (SSSR count). The number of benzene rings is 1. The first-order chi connectivity index (χ1) is 12.2. The van der Waals surface area contributed by atoms with E-state index in [0.29, 0.717) is 19.1 Å². The van der Waals surface area contributed by atoms with Crippen LogP contribution in [0, 0.1) is 0 Å². The predicted molar refractivity (Wildman–Crippen MR) is 98.2 cm³/mol. The predicted octanol–water partition coefficient (Wildman–Crippen LogP) is 1.69. The van der Waals surface area contributed by atoms with Gasteiger partial charge in [-0.05, 0) is 30.5 Å². The van der Waals surface area contributed by atoms with Gasteiger partial charge in [0.2, 0.25) is 5.91 Å². The van der Waals surface area contributed by atoms with Crippen molar-refractivity contribution < 1.29 is 4.79 Å². The van der Waals surface area contributed by atoms with Crippen molar-refractivity contribution in [1.29, 1.82) is 0 Å². The van der Waals surface area contributed by atoms with Gasteiger partial charge in [0.15, 0.2) is 5.82 Å². The van der Waals surface area contributed by atoms with Crippen molar-refractivity contribution in [3.63, 3.8) is 0 Å². The lowest BCUT2D eigenvalue weighted by atomic mass is 10.2. The normalized spacial score (nSPS) is 16.8. The molecule has 0 bridgehead atoms. The van der Waals surface area contributed by atoms with Crippen LogP contribution in [0.3, 0.4) is 0 Å². The Balaban J connectivity index is 1.45. The molecule has 0 aliphatic carbocycles. The van der Waals surface area contributed by atoms with Gasteiger partial charge in [0.1, 0.15) is 0 Å². The lowest BCUT2D eigenvalue weighted by Gasteiger charge is -2.26. The van der Waals surface area contributed by atoms with Crippen LogP contribution in [0.1, 0.15) is 18.4 Å². The number of amides is 1. The highest BCUT2D eigenvalue weighted by Crippen LogP contribution is 2.22. The molecule has 2 heterocycles. The van der Waals surface area contributed by atoms with Gasteiger partial charge in [-0.2, -0.15) is 5.10 Å². The molecule has 1 amide bonds. The van der Waals surface area contributed by atoms with Gasteiger partial charge >= 0.3 is 0 Å². The van der Waals surface area contributed by atoms with E-state index >= 15 is 0 Å². The number of likely N-dealkylation sites (N-methyl/N-ethyl adjacent to an activating group) is 1. The maximum Gasteiger partial charge on any atom is 0.236 e. The number of hydrogen-bond donors (Lipinski definition) is 1. The molecule has 0 saturated carbocycles. The Hall–Kier alpha value is -2.47. The third-order valence-electron chi connectivity index (χ3n) is 4.57. The maximum absolute atomic E-state index is 12.3. The van der Waals surface area contributed by atoms with Gasteiger partial charge in [-0.25, -0.2) is 0 Å². The summed E-state index contributed by atoms with van der Waals surface area (Å²) in [5, 5.41) is 11.5. The average molecular weight is 339 g/mol. The molecule has 1 aliphatic heterocycles. The van der Waals surface area contributed by atoms with Gasteiger partial charge in [-0.1, -0.05) is 30.3 Å². The van der Waals surface area contributed by atoms with Crippen LogP contribution in [-0.4, -0.2) is 53.7 Å². The van der Waals surface area contributed by atoms with E-state index < -0.39 is 0 Å². The zero-order valence-corrected chi connectivity index (χ0v) is 14.6. The van der Waals surface area contributed by atoms with Gasteiger partial charge in [0.05, 0.1) is 6.54 Å². The van der Waals surface area contributed by atoms with Crippen LogP contribution in [0.4, 0.5) is 5.82 Å². The Kier molecular flexibility index (Phi) is 5.95. The second kappa shape index (κ2) is 8.58. The minimum atomic E-state index is 0.105. The van der Waals surface area contributed by atoms with Crippen molar-refractivity contribution in [1.82, 2.24) is 20.4 Å². The molecule has 1 aromatic carbocycles. The molecule has 1 saturated heterocycles. The first kappa shape index (κ1) is 17.4. The number of hydrogen-bond acceptors (Lipinski definition) is 5. The van der Waals surface area contributed by atoms with E-state index in [4.69, 9.17) is 0 Å². The van der Waals surface area contributed by atoms with Crippen molar-refractivity contribution in [3.05, 3.63) is 54.2 Å². The molecule has 1 fully saturated rings. The van der Waals surface area contributed by atoms with Gasteiger partial charge in [0, 0.05) is 38.9 Å². The molecule has 1 atom stereocenters. The SMILES string of the molecule is CN(Cc1ccccc1)C(=O)CNCC1CCCN1c1cccnn1. The van der Waals surface area contributed by atoms with E-state index in [0.717, 1.165) is 37.3 Å². The zero-order valence-electron chi connectivity index (χ0n) is 14.6. The maximum atomic E-state index is 12.3. The summed E-state index contributed by atoms with van der Waals surface area (Å²) in [6, 6.07) is 14.3. The molecule has 1 aliphatic rings. The summed E-state index contributed by atoms with van der Waals surface area (Å²) in [7, 11) is 1.85. The standard InChI is InChI=1S/C19H25N5O/c1-23(15-16-7-3-2-4-8-16)19(25)14-20-13-17-9-6-12-24(17)18-10-5-11-21-22-18/h2-5,7-8,10-11,17,20H,6,9,12-15H2,1H3. The monoisotopic (exact) mass is 339 g/mol. The van der Waals surface area contributed by atoms with Crippen LogP contribution in [0.25, 0.3) is 0 Å². The van der Waals surface area contributed by atoms with Crippen LogP contribution in [0.2, 0.25) is 0 Å². The minimum absolute atomic E-state index is 0.105. The van der Waals surface area contributed by atoms with E-state index in [1.807, 2.05) is 49.5 Å². The Bertz CT molecular complexity index is 664. The second-order valence-electron chi connectivity index (χ2n) is 6.44. The van der Waals surface area contributed by atoms with Crippen LogP contribution < -0.4 is 10.2 Å². The first-order valence-corrected chi connectivity index (χ1v) is 8.77. The summed E-state index contributed by atoms with van der Waals surface area (Å²) in [6.07, 6.45) is 3.94. The molecule has 25 heavy (non-hydrogen) atoms. The van der Waals surface area contributed by atoms with Crippen molar-refractivity contribution in [2.45, 2.75) is 25.4 Å². The first-order valence-electron chi connectivity index (χ1n) is 8.77. The molecule has 1 aromatic heterocycles. The minimum Gasteiger partial charge on any atom is -0.351 e. The average Bonchev–Trinajstić information content (AvgIpc) is 3.11. The lowest BCUT2D eigenvalue weighted by molar-refractivity contribution is -0.129. The van der Waals surface area contributed by atoms with Gasteiger partial charge in [-0.15, -0.1) is 5.10 Å². The Morgan fingerprint density at radius 1 is 1.28 bits per heavy atom. The van der Waals surface area contributed by atoms with Crippen LogP contribution in [0.15, 0.2) is 48.7 Å². The summed E-state index contributed by atoms with van der Waals surface area (Å²) < 4.78 is 0. The Morgan fingerprint density at radius 3 is 2.88 bits per heavy atom. The van der Waals surface area contributed by atoms with Crippen molar-refractivity contribution in [2.75, 3.05) is 31.6 Å². The van der Waals surface area contributed by atoms with Crippen molar-refractivity contribution in [2.24, 2.45) is 0 Å². The van der Waals surface area contributed by atoms with E-state index in [1.54, 1.807) is 11.1 Å². The third kappa shape index (κ3) is 4.76. The molecule has 132 valence electrons. The highest BCUT2D eigenvalue weighted by molar-refractivity contribution is 5.77. The van der Waals surface area contributed by atoms with E-state index in [9.17, 15) is 4.79 Å². The molecule has 6 nitrogen and oxygen atoms in total. The molecule has 0 radical (unpaired) electrons. The Morgan fingerprint density at radius 2 is 2.12 bits per heavy atom. The van der Waals surface area contributed by atoms with E-state index in [1.165, 1.54) is 0 Å². The summed E-state index contributed by atoms with van der Waals surface area (Å²) in [4.78, 5) is 16.3. The molecule has 0 spiro atoms. The zero-order chi connectivity index (χ0) is 17.5. The number of nitrogens with one attached hydrogen (secondary N) is 1. The number of carbonyl (C=O) groups excluding carboxylic acids is 1. The topological polar surface area (TPSA) is 61.4 Å². The number of rotatable bonds is 7. The van der Waals surface area contributed by atoms with Crippen molar-refractivity contribution >= 4 is 11.7 Å². The van der Waals surface area contributed by atoms with Crippen LogP contribution in [-0.2, 0) is 11.3 Å². The highest BCUT2D eigenvalue weighted by Gasteiger charge is 2.25. The largest absolute Gasteiger partial charge is 0.351 e. The van der Waals surface area contributed by atoms with Crippen molar-refractivity contribution in [3.8, 4) is 0 Å².